The third-order valence-electron chi connectivity index (χ3n) is 12.0. The van der Waals surface area contributed by atoms with E-state index in [9.17, 15) is 0 Å². The zero-order valence-corrected chi connectivity index (χ0v) is 32.1. The fraction of sp³-hybridized carbons (Fsp3) is 0. The zero-order chi connectivity index (χ0) is 38.9. The number of hydrogen-bond acceptors (Lipinski definition) is 2. The molecule has 12 rings (SSSR count). The Labute approximate surface area is 341 Å². The van der Waals surface area contributed by atoms with E-state index in [1.807, 2.05) is 12.1 Å². The molecule has 0 atom stereocenters. The van der Waals surface area contributed by atoms with Gasteiger partial charge in [0.15, 0.2) is 0 Å². The van der Waals surface area contributed by atoms with Crippen LogP contribution in [0.15, 0.2) is 223 Å². The highest BCUT2D eigenvalue weighted by atomic mass is 16.3. The topological polar surface area (TPSA) is 21.3 Å². The summed E-state index contributed by atoms with van der Waals surface area (Å²) in [6, 6.07) is 78.9. The monoisotopic (exact) mass is 752 g/mol. The van der Waals surface area contributed by atoms with Gasteiger partial charge >= 0.3 is 0 Å². The van der Waals surface area contributed by atoms with Gasteiger partial charge in [-0.1, -0.05) is 158 Å². The number of para-hydroxylation sites is 3. The number of rotatable bonds is 6. The first-order chi connectivity index (χ1) is 29.2. The smallest absolute Gasteiger partial charge is 0.137 e. The van der Waals surface area contributed by atoms with Crippen LogP contribution in [0.3, 0.4) is 0 Å². The summed E-state index contributed by atoms with van der Waals surface area (Å²) in [4.78, 5) is 2.42. The van der Waals surface area contributed by atoms with Crippen molar-refractivity contribution in [2.45, 2.75) is 0 Å². The van der Waals surface area contributed by atoms with Crippen molar-refractivity contribution < 1.29 is 4.42 Å². The van der Waals surface area contributed by atoms with Gasteiger partial charge in [0.05, 0.1) is 22.4 Å². The Hall–Kier alpha value is -7.88. The van der Waals surface area contributed by atoms with Crippen LogP contribution >= 0.6 is 0 Å². The molecule has 0 fully saturated rings. The van der Waals surface area contributed by atoms with Gasteiger partial charge in [-0.25, -0.2) is 0 Å². The van der Waals surface area contributed by atoms with Crippen molar-refractivity contribution in [2.24, 2.45) is 0 Å². The Balaban J connectivity index is 0.975. The highest BCUT2D eigenvalue weighted by Crippen LogP contribution is 2.45. The quantitative estimate of drug-likeness (QED) is 0.169. The molecule has 0 aliphatic heterocycles. The molecule has 2 aromatic heterocycles. The summed E-state index contributed by atoms with van der Waals surface area (Å²) in [6.45, 7) is 0. The fourth-order valence-corrected chi connectivity index (χ4v) is 9.16. The standard InChI is InChI=1S/C56H36N2O/c1-2-14-41-34-43(30-28-37(41)12-1)57(52-22-11-15-39-13-3-4-16-45(39)52)51-20-8-5-17-46(51)40-26-24-38(25-27-40)42-29-32-48-47-18-6-9-21-53(47)58(54(48)35-42)44-31-33-50-49-19-7-10-23-55(49)59-56(50)36-44/h1-36H. The van der Waals surface area contributed by atoms with Gasteiger partial charge in [-0.3, -0.25) is 0 Å². The van der Waals surface area contributed by atoms with E-state index in [-0.39, 0.29) is 0 Å². The second-order valence-corrected chi connectivity index (χ2v) is 15.3. The Bertz CT molecular complexity index is 3570. The van der Waals surface area contributed by atoms with Crippen LogP contribution in [0, 0.1) is 0 Å². The maximum absolute atomic E-state index is 6.35. The highest BCUT2D eigenvalue weighted by Gasteiger charge is 2.20. The van der Waals surface area contributed by atoms with Crippen molar-refractivity contribution in [1.82, 2.24) is 4.57 Å². The molecular weight excluding hydrogens is 717 g/mol. The molecular formula is C56H36N2O. The molecule has 3 nitrogen and oxygen atoms in total. The number of fused-ring (bicyclic) bond motifs is 8. The van der Waals surface area contributed by atoms with E-state index in [4.69, 9.17) is 4.42 Å². The Kier molecular flexibility index (Phi) is 7.54. The van der Waals surface area contributed by atoms with Crippen molar-refractivity contribution in [3.63, 3.8) is 0 Å². The first-order valence-corrected chi connectivity index (χ1v) is 20.2. The number of hydrogen-bond donors (Lipinski definition) is 0. The number of aromatic nitrogens is 1. The zero-order valence-electron chi connectivity index (χ0n) is 32.1. The van der Waals surface area contributed by atoms with Crippen LogP contribution in [0.4, 0.5) is 17.1 Å². The van der Waals surface area contributed by atoms with E-state index in [1.54, 1.807) is 0 Å². The molecule has 3 heteroatoms. The Morgan fingerprint density at radius 2 is 0.966 bits per heavy atom. The third kappa shape index (κ3) is 5.44. The minimum absolute atomic E-state index is 0.890. The molecule has 0 amide bonds. The van der Waals surface area contributed by atoms with Gasteiger partial charge in [0, 0.05) is 49.9 Å². The average Bonchev–Trinajstić information content (AvgIpc) is 3.84. The van der Waals surface area contributed by atoms with Gasteiger partial charge < -0.3 is 13.9 Å². The summed E-state index contributed by atoms with van der Waals surface area (Å²) < 4.78 is 8.72. The van der Waals surface area contributed by atoms with Crippen LogP contribution in [0.25, 0.3) is 93.2 Å². The first kappa shape index (κ1) is 33.3. The summed E-state index contributed by atoms with van der Waals surface area (Å²) in [5.74, 6) is 0. The van der Waals surface area contributed by atoms with Crippen LogP contribution in [0.1, 0.15) is 0 Å². The molecule has 276 valence electrons. The minimum atomic E-state index is 0.890. The summed E-state index contributed by atoms with van der Waals surface area (Å²) in [6.07, 6.45) is 0. The number of nitrogens with zero attached hydrogens (tertiary/aromatic N) is 2. The normalized spacial score (nSPS) is 11.7. The summed E-state index contributed by atoms with van der Waals surface area (Å²) >= 11 is 0. The van der Waals surface area contributed by atoms with Gasteiger partial charge in [-0.15, -0.1) is 0 Å². The Morgan fingerprint density at radius 3 is 1.86 bits per heavy atom. The van der Waals surface area contributed by atoms with Gasteiger partial charge in [0.1, 0.15) is 11.2 Å². The number of anilines is 3. The van der Waals surface area contributed by atoms with Gasteiger partial charge in [-0.2, -0.15) is 0 Å². The third-order valence-corrected chi connectivity index (χ3v) is 12.0. The summed E-state index contributed by atoms with van der Waals surface area (Å²) in [5, 5.41) is 9.58. The van der Waals surface area contributed by atoms with Crippen molar-refractivity contribution in [3.8, 4) is 27.9 Å². The predicted octanol–water partition coefficient (Wildman–Crippen LogP) is 15.8. The van der Waals surface area contributed by atoms with E-state index in [1.165, 1.54) is 43.4 Å². The molecule has 12 aromatic rings. The van der Waals surface area contributed by atoms with Crippen molar-refractivity contribution in [1.29, 1.82) is 0 Å². The van der Waals surface area contributed by atoms with E-state index in [2.05, 4.69) is 216 Å². The molecule has 0 radical (unpaired) electrons. The maximum Gasteiger partial charge on any atom is 0.137 e. The first-order valence-electron chi connectivity index (χ1n) is 20.2. The van der Waals surface area contributed by atoms with Crippen molar-refractivity contribution >= 4 is 82.4 Å². The van der Waals surface area contributed by atoms with Crippen molar-refractivity contribution in [2.75, 3.05) is 4.90 Å². The van der Waals surface area contributed by atoms with Gasteiger partial charge in [0.25, 0.3) is 0 Å². The van der Waals surface area contributed by atoms with E-state index >= 15 is 0 Å². The Morgan fingerprint density at radius 1 is 0.339 bits per heavy atom. The van der Waals surface area contributed by atoms with Gasteiger partial charge in [-0.05, 0) is 87.4 Å². The maximum atomic E-state index is 6.35. The van der Waals surface area contributed by atoms with Crippen LogP contribution in [-0.2, 0) is 0 Å². The van der Waals surface area contributed by atoms with E-state index < -0.39 is 0 Å². The molecule has 0 unspecified atom stereocenters. The second kappa shape index (κ2) is 13.4. The molecule has 0 spiro atoms. The minimum Gasteiger partial charge on any atom is -0.456 e. The molecule has 0 aliphatic rings. The highest BCUT2D eigenvalue weighted by molar-refractivity contribution is 6.11. The summed E-state index contributed by atoms with van der Waals surface area (Å²) in [5.41, 5.74) is 13.2. The molecule has 0 bridgehead atoms. The lowest BCUT2D eigenvalue weighted by atomic mass is 9.97. The number of benzene rings is 10. The molecule has 0 N–H and O–H groups in total. The average molecular weight is 753 g/mol. The largest absolute Gasteiger partial charge is 0.456 e. The van der Waals surface area contributed by atoms with Crippen LogP contribution in [-0.4, -0.2) is 4.57 Å². The molecule has 10 aromatic carbocycles. The van der Waals surface area contributed by atoms with Crippen LogP contribution < -0.4 is 4.90 Å². The number of furan rings is 1. The lowest BCUT2D eigenvalue weighted by Gasteiger charge is -2.29. The molecule has 0 aliphatic carbocycles. The second-order valence-electron chi connectivity index (χ2n) is 15.3. The fourth-order valence-electron chi connectivity index (χ4n) is 9.16. The van der Waals surface area contributed by atoms with E-state index in [0.717, 1.165) is 66.9 Å². The molecule has 2 heterocycles. The lowest BCUT2D eigenvalue weighted by Crippen LogP contribution is -2.11. The lowest BCUT2D eigenvalue weighted by molar-refractivity contribution is 0.668. The molecule has 0 saturated carbocycles. The molecule has 59 heavy (non-hydrogen) atoms. The van der Waals surface area contributed by atoms with Crippen LogP contribution in [0.5, 0.6) is 0 Å². The predicted molar refractivity (Wildman–Crippen MR) is 249 cm³/mol. The van der Waals surface area contributed by atoms with Crippen LogP contribution in [0.2, 0.25) is 0 Å². The van der Waals surface area contributed by atoms with Crippen molar-refractivity contribution in [3.05, 3.63) is 218 Å². The van der Waals surface area contributed by atoms with E-state index in [0.29, 0.717) is 0 Å². The summed E-state index contributed by atoms with van der Waals surface area (Å²) in [7, 11) is 0. The van der Waals surface area contributed by atoms with Gasteiger partial charge in [0.2, 0.25) is 0 Å². The SMILES string of the molecule is c1ccc(N(c2ccc3ccccc3c2)c2cccc3ccccc23)c(-c2ccc(-c3ccc4c5ccccc5n(-c5ccc6c(c5)oc5ccccc56)c4c3)cc2)c1. The molecule has 0 saturated heterocycles.